The van der Waals surface area contributed by atoms with Crippen molar-refractivity contribution in [3.8, 4) is 0 Å². The highest BCUT2D eigenvalue weighted by molar-refractivity contribution is 5.91. The number of hydrogen-bond acceptors (Lipinski definition) is 15. The second-order valence-electron chi connectivity index (χ2n) is 15.8. The molecule has 1 aromatic heterocycles. The summed E-state index contributed by atoms with van der Waals surface area (Å²) in [7, 11) is 0. The Kier molecular flexibility index (Phi) is 12.1. The first-order chi connectivity index (χ1) is 26.7. The lowest BCUT2D eigenvalue weighted by Crippen LogP contribution is -2.65. The molecule has 15 heteroatoms. The van der Waals surface area contributed by atoms with Gasteiger partial charge >= 0.3 is 35.8 Å². The van der Waals surface area contributed by atoms with Crippen molar-refractivity contribution < 1.29 is 67.1 Å². The fourth-order valence-corrected chi connectivity index (χ4v) is 9.17. The lowest BCUT2D eigenvalue weighted by Gasteiger charge is -2.50. The van der Waals surface area contributed by atoms with Crippen molar-refractivity contribution in [2.75, 3.05) is 0 Å². The number of hydrogen-bond donors (Lipinski definition) is 1. The number of aliphatic hydroxyl groups is 1. The first kappa shape index (κ1) is 42.7. The van der Waals surface area contributed by atoms with Crippen molar-refractivity contribution in [1.29, 1.82) is 0 Å². The summed E-state index contributed by atoms with van der Waals surface area (Å²) in [4.78, 5) is 99.2. The van der Waals surface area contributed by atoms with Crippen molar-refractivity contribution >= 4 is 41.6 Å². The van der Waals surface area contributed by atoms with Crippen molar-refractivity contribution in [2.24, 2.45) is 29.1 Å². The van der Waals surface area contributed by atoms with E-state index < -0.39 is 119 Å². The van der Waals surface area contributed by atoms with E-state index in [2.05, 4.69) is 11.6 Å². The zero-order valence-electron chi connectivity index (χ0n) is 33.2. The van der Waals surface area contributed by atoms with Crippen LogP contribution in [0.3, 0.4) is 0 Å². The molecular formula is C42H49NO14. The van der Waals surface area contributed by atoms with E-state index in [9.17, 15) is 38.7 Å². The molecule has 306 valence electrons. The number of nitrogens with zero attached hydrogens (tertiary/aromatic N) is 1. The van der Waals surface area contributed by atoms with Gasteiger partial charge in [-0.1, -0.05) is 52.5 Å². The van der Waals surface area contributed by atoms with Crippen LogP contribution in [0.2, 0.25) is 0 Å². The molecule has 1 heterocycles. The third-order valence-electron chi connectivity index (χ3n) is 11.7. The highest BCUT2D eigenvalue weighted by Gasteiger charge is 2.75. The predicted molar refractivity (Wildman–Crippen MR) is 198 cm³/mol. The molecule has 0 amide bonds. The Bertz CT molecular complexity index is 1930. The first-order valence-electron chi connectivity index (χ1n) is 18.7. The Labute approximate surface area is 330 Å². The number of aromatic nitrogens is 1. The zero-order chi connectivity index (χ0) is 42.2. The fourth-order valence-electron chi connectivity index (χ4n) is 9.17. The van der Waals surface area contributed by atoms with Gasteiger partial charge in [0.2, 0.25) is 0 Å². The van der Waals surface area contributed by atoms with Gasteiger partial charge in [-0.05, 0) is 43.0 Å². The van der Waals surface area contributed by atoms with E-state index in [4.69, 9.17) is 28.4 Å². The number of esters is 6. The van der Waals surface area contributed by atoms with Gasteiger partial charge in [-0.25, -0.2) is 9.59 Å². The first-order valence-corrected chi connectivity index (χ1v) is 18.7. The second kappa shape index (κ2) is 16.2. The van der Waals surface area contributed by atoms with Crippen LogP contribution in [0.1, 0.15) is 88.9 Å². The van der Waals surface area contributed by atoms with Gasteiger partial charge in [0.1, 0.15) is 29.7 Å². The maximum atomic E-state index is 14.8. The fraction of sp³-hybridized carbons (Fsp3) is 0.524. The van der Waals surface area contributed by atoms with E-state index in [0.29, 0.717) is 0 Å². The van der Waals surface area contributed by atoms with Gasteiger partial charge in [-0.3, -0.25) is 29.0 Å². The summed E-state index contributed by atoms with van der Waals surface area (Å²) >= 11 is 0. The van der Waals surface area contributed by atoms with E-state index in [1.807, 2.05) is 0 Å². The molecule has 0 unspecified atom stereocenters. The minimum atomic E-state index is -2.25. The molecule has 5 rings (SSSR count). The summed E-state index contributed by atoms with van der Waals surface area (Å²) in [5.41, 5.74) is -6.19. The number of carbonyl (C=O) groups excluding carboxylic acids is 7. The Morgan fingerprint density at radius 3 is 1.88 bits per heavy atom. The van der Waals surface area contributed by atoms with Crippen LogP contribution in [0.5, 0.6) is 0 Å². The Balaban J connectivity index is 1.89. The quantitative estimate of drug-likeness (QED) is 0.226. The molecule has 2 aromatic rings. The number of Topliss-reactive ketones (excluding diaryl/α,β-unsaturated/α-hetero) is 1. The van der Waals surface area contributed by atoms with Crippen LogP contribution in [0.25, 0.3) is 0 Å². The zero-order valence-corrected chi connectivity index (χ0v) is 33.2. The van der Waals surface area contributed by atoms with Gasteiger partial charge in [-0.15, -0.1) is 0 Å². The summed E-state index contributed by atoms with van der Waals surface area (Å²) in [6, 6.07) is 10.7. The van der Waals surface area contributed by atoms with E-state index in [-0.39, 0.29) is 23.1 Å². The number of carbonyl (C=O) groups is 7. The van der Waals surface area contributed by atoms with Crippen LogP contribution < -0.4 is 0 Å². The minimum Gasteiger partial charge on any atom is -0.462 e. The maximum Gasteiger partial charge on any atom is 0.340 e. The van der Waals surface area contributed by atoms with Crippen molar-refractivity contribution in [2.45, 2.75) is 110 Å². The monoisotopic (exact) mass is 791 g/mol. The second-order valence-corrected chi connectivity index (χ2v) is 15.8. The SMILES string of the molecule is C=C1[C@H](OC(C)=O)[C@@H](OC(=O)c2ccccc2)[C@@H](OC(=O)c2cccnc2)C(C)(C)[C@@H]2C[C@](O)([C@H](C)C2=O)[C@]2(OC(C)=O)C[C@@H](C)[C@H](OC(C)=O)[C@@H]2[C@H]1OC(C)=O. The molecule has 3 fully saturated rings. The van der Waals surface area contributed by atoms with Crippen LogP contribution in [0.4, 0.5) is 0 Å². The molecule has 0 aliphatic heterocycles. The average Bonchev–Trinajstić information content (AvgIpc) is 3.55. The van der Waals surface area contributed by atoms with Gasteiger partial charge < -0.3 is 33.5 Å². The molecule has 0 radical (unpaired) electrons. The van der Waals surface area contributed by atoms with E-state index in [0.717, 1.165) is 27.7 Å². The molecule has 3 aliphatic carbocycles. The van der Waals surface area contributed by atoms with Gasteiger partial charge in [-0.2, -0.15) is 0 Å². The highest BCUT2D eigenvalue weighted by atomic mass is 16.6. The highest BCUT2D eigenvalue weighted by Crippen LogP contribution is 2.62. The van der Waals surface area contributed by atoms with Gasteiger partial charge in [0, 0.05) is 62.9 Å². The Hall–Kier alpha value is -5.44. The standard InChI is InChI=1S/C42H49NO14/c1-21-18-42(57-27(7)47)31(33(21)52-24(4)44)34(53-25(5)45)22(2)35(54-26(6)46)36(55-38(49)28-14-11-10-12-15-28)37(56-39(50)29-16-13-17-43-20-29)40(8,9)30-19-41(42,51)23(3)32(30)48/h10-17,20-21,23,30-31,33-37,51H,2,18-19H2,1,3-9H3/t21-,23-,30-,31-,33+,34+,35+,36-,37-,41+,42+/m1/s1. The summed E-state index contributed by atoms with van der Waals surface area (Å²) in [5.74, 6) is -10.6. The smallest absolute Gasteiger partial charge is 0.340 e. The molecule has 3 aliphatic rings. The molecule has 2 bridgehead atoms. The number of pyridine rings is 1. The average molecular weight is 792 g/mol. The molecule has 0 spiro atoms. The normalized spacial score (nSPS) is 33.1. The van der Waals surface area contributed by atoms with E-state index in [1.165, 1.54) is 43.6 Å². The predicted octanol–water partition coefficient (Wildman–Crippen LogP) is 4.14. The number of rotatable bonds is 8. The Morgan fingerprint density at radius 2 is 1.32 bits per heavy atom. The summed E-state index contributed by atoms with van der Waals surface area (Å²) in [6.45, 7) is 14.9. The lowest BCUT2D eigenvalue weighted by molar-refractivity contribution is -0.233. The topological polar surface area (TPSA) is 208 Å². The van der Waals surface area contributed by atoms with E-state index in [1.54, 1.807) is 39.0 Å². The van der Waals surface area contributed by atoms with Crippen molar-refractivity contribution in [3.63, 3.8) is 0 Å². The summed E-state index contributed by atoms with van der Waals surface area (Å²) in [6.07, 6.45) is -6.25. The van der Waals surface area contributed by atoms with E-state index >= 15 is 0 Å². The number of ketones is 1. The molecule has 11 atom stereocenters. The maximum absolute atomic E-state index is 14.8. The molecule has 57 heavy (non-hydrogen) atoms. The van der Waals surface area contributed by atoms with Crippen LogP contribution in [-0.2, 0) is 52.4 Å². The Morgan fingerprint density at radius 1 is 0.737 bits per heavy atom. The lowest BCUT2D eigenvalue weighted by atomic mass is 9.66. The summed E-state index contributed by atoms with van der Waals surface area (Å²) < 4.78 is 36.5. The largest absolute Gasteiger partial charge is 0.462 e. The van der Waals surface area contributed by atoms with Crippen LogP contribution in [0.15, 0.2) is 67.0 Å². The van der Waals surface area contributed by atoms with Gasteiger partial charge in [0.05, 0.1) is 17.0 Å². The molecular weight excluding hydrogens is 742 g/mol. The minimum absolute atomic E-state index is 0.0134. The van der Waals surface area contributed by atoms with Crippen molar-refractivity contribution in [1.82, 2.24) is 4.98 Å². The molecule has 15 nitrogen and oxygen atoms in total. The molecule has 1 aromatic carbocycles. The van der Waals surface area contributed by atoms with Crippen LogP contribution >= 0.6 is 0 Å². The summed E-state index contributed by atoms with van der Waals surface area (Å²) in [5, 5.41) is 13.2. The van der Waals surface area contributed by atoms with Crippen molar-refractivity contribution in [3.05, 3.63) is 78.1 Å². The third-order valence-corrected chi connectivity index (χ3v) is 11.7. The molecule has 1 N–H and O–H groups in total. The third kappa shape index (κ3) is 7.94. The van der Waals surface area contributed by atoms with Gasteiger partial charge in [0.25, 0.3) is 0 Å². The number of fused-ring (bicyclic) bond motifs is 4. The molecule has 0 saturated heterocycles. The van der Waals surface area contributed by atoms with Gasteiger partial charge in [0.15, 0.2) is 17.8 Å². The number of ether oxygens (including phenoxy) is 6. The van der Waals surface area contributed by atoms with Crippen LogP contribution in [-0.4, -0.2) is 93.4 Å². The molecule has 3 saturated carbocycles. The number of benzene rings is 1. The van der Waals surface area contributed by atoms with Crippen LogP contribution in [0, 0.1) is 29.1 Å².